The van der Waals surface area contributed by atoms with Crippen molar-refractivity contribution >= 4 is 57.9 Å². The predicted octanol–water partition coefficient (Wildman–Crippen LogP) is 4.18. The Morgan fingerprint density at radius 2 is 2.09 bits per heavy atom. The molecule has 0 aromatic rings. The summed E-state index contributed by atoms with van der Waals surface area (Å²) in [5.41, 5.74) is 3.03. The summed E-state index contributed by atoms with van der Waals surface area (Å²) < 4.78 is -1.86. The van der Waals surface area contributed by atoms with Crippen LogP contribution in [0.3, 0.4) is 0 Å². The zero-order valence-corrected chi connectivity index (χ0v) is 15.4. The summed E-state index contributed by atoms with van der Waals surface area (Å²) in [5, 5.41) is 1.04. The normalized spacial score (nSPS) is 27.0. The molecule has 2 aliphatic rings. The van der Waals surface area contributed by atoms with Crippen molar-refractivity contribution < 1.29 is 4.79 Å². The van der Waals surface area contributed by atoms with Gasteiger partial charge in [-0.25, -0.2) is 15.2 Å². The van der Waals surface area contributed by atoms with Gasteiger partial charge in [0.1, 0.15) is 6.17 Å². The Labute approximate surface area is 151 Å². The van der Waals surface area contributed by atoms with Crippen molar-refractivity contribution in [1.29, 1.82) is 0 Å². The average Bonchev–Trinajstić information content (AvgIpc) is 2.77. The van der Waals surface area contributed by atoms with E-state index in [4.69, 9.17) is 47.0 Å². The first kappa shape index (κ1) is 18.0. The Hall–Kier alpha value is -0.330. The van der Waals surface area contributed by atoms with Gasteiger partial charge in [-0.15, -0.1) is 0 Å². The van der Waals surface area contributed by atoms with E-state index < -0.39 is 3.92 Å². The summed E-state index contributed by atoms with van der Waals surface area (Å²) in [6, 6.07) is -0.707. The average molecular weight is 383 g/mol. The molecule has 0 radical (unpaired) electrons. The molecule has 0 saturated carbocycles. The third-order valence-corrected chi connectivity index (χ3v) is 4.65. The number of carbonyl (C=O) groups is 1. The quantitative estimate of drug-likeness (QED) is 0.450. The van der Waals surface area contributed by atoms with Crippen molar-refractivity contribution in [1.82, 2.24) is 15.3 Å². The molecule has 122 valence electrons. The van der Waals surface area contributed by atoms with Crippen LogP contribution in [0.25, 0.3) is 0 Å². The Morgan fingerprint density at radius 3 is 2.64 bits per heavy atom. The number of alkyl halides is 3. The van der Waals surface area contributed by atoms with Gasteiger partial charge in [0.2, 0.25) is 0 Å². The van der Waals surface area contributed by atoms with Gasteiger partial charge in [-0.1, -0.05) is 85.5 Å². The molecule has 0 bridgehead atoms. The standard InChI is InChI=1S/C14H18Cl3N3OS/c1-3-6-9(2)12-18-20(14(15,16)17)13(21)19(12)10-7-4-5-8-11(10)22/h4-5,7-10,12,18H,3,6H2,1-2H3. The lowest BCUT2D eigenvalue weighted by Gasteiger charge is -2.33. The molecular formula is C14H18Cl3N3OS. The van der Waals surface area contributed by atoms with Crippen molar-refractivity contribution in [3.63, 3.8) is 0 Å². The van der Waals surface area contributed by atoms with Crippen LogP contribution in [0, 0.1) is 5.92 Å². The minimum absolute atomic E-state index is 0.188. The number of urea groups is 1. The van der Waals surface area contributed by atoms with Gasteiger partial charge in [-0.3, -0.25) is 4.90 Å². The fourth-order valence-corrected chi connectivity index (χ4v) is 3.35. The molecular weight excluding hydrogens is 365 g/mol. The Balaban J connectivity index is 2.33. The topological polar surface area (TPSA) is 35.6 Å². The summed E-state index contributed by atoms with van der Waals surface area (Å²) in [4.78, 5) is 15.1. The fraction of sp³-hybridized carbons (Fsp3) is 0.571. The molecule has 8 heteroatoms. The van der Waals surface area contributed by atoms with Crippen LogP contribution in [-0.4, -0.2) is 36.9 Å². The highest BCUT2D eigenvalue weighted by molar-refractivity contribution is 7.80. The zero-order chi connectivity index (χ0) is 16.5. The second-order valence-corrected chi connectivity index (χ2v) is 8.12. The van der Waals surface area contributed by atoms with Gasteiger partial charge in [0.05, 0.1) is 6.04 Å². The molecule has 22 heavy (non-hydrogen) atoms. The van der Waals surface area contributed by atoms with Gasteiger partial charge < -0.3 is 0 Å². The first-order chi connectivity index (χ1) is 10.3. The number of rotatable bonds is 4. The van der Waals surface area contributed by atoms with Crippen LogP contribution < -0.4 is 5.43 Å². The van der Waals surface area contributed by atoms with E-state index in [1.807, 2.05) is 24.3 Å². The van der Waals surface area contributed by atoms with Crippen LogP contribution in [0.15, 0.2) is 24.3 Å². The SMILES string of the molecule is CCCC(C)C1NN(C(Cl)(Cl)Cl)C(=O)N1C1C=CC=CC1=S. The van der Waals surface area contributed by atoms with E-state index >= 15 is 0 Å². The van der Waals surface area contributed by atoms with E-state index in [1.165, 1.54) is 0 Å². The number of nitrogens with zero attached hydrogens (tertiary/aromatic N) is 2. The van der Waals surface area contributed by atoms with Crippen molar-refractivity contribution in [3.8, 4) is 0 Å². The first-order valence-electron chi connectivity index (χ1n) is 7.11. The Kier molecular flexibility index (Phi) is 5.78. The van der Waals surface area contributed by atoms with E-state index in [9.17, 15) is 4.79 Å². The molecule has 4 nitrogen and oxygen atoms in total. The molecule has 3 atom stereocenters. The molecule has 0 aromatic carbocycles. The largest absolute Gasteiger partial charge is 0.340 e. The molecule has 1 fully saturated rings. The van der Waals surface area contributed by atoms with Gasteiger partial charge in [0.25, 0.3) is 3.92 Å². The highest BCUT2D eigenvalue weighted by Gasteiger charge is 2.50. The van der Waals surface area contributed by atoms with Crippen molar-refractivity contribution in [2.45, 2.75) is 42.8 Å². The number of allylic oxidation sites excluding steroid dienone is 2. The predicted molar refractivity (Wildman–Crippen MR) is 95.0 cm³/mol. The van der Waals surface area contributed by atoms with E-state index in [1.54, 1.807) is 4.90 Å². The fourth-order valence-electron chi connectivity index (χ4n) is 2.72. The number of halogens is 3. The van der Waals surface area contributed by atoms with Gasteiger partial charge >= 0.3 is 6.03 Å². The van der Waals surface area contributed by atoms with E-state index in [0.29, 0.717) is 4.86 Å². The first-order valence-corrected chi connectivity index (χ1v) is 8.65. The van der Waals surface area contributed by atoms with Crippen LogP contribution in [-0.2, 0) is 0 Å². The van der Waals surface area contributed by atoms with Crippen LogP contribution in [0.2, 0.25) is 0 Å². The minimum Gasteiger partial charge on any atom is -0.295 e. The van der Waals surface area contributed by atoms with Crippen LogP contribution >= 0.6 is 47.0 Å². The molecule has 2 rings (SSSR count). The number of amides is 2. The lowest BCUT2D eigenvalue weighted by atomic mass is 9.99. The van der Waals surface area contributed by atoms with E-state index in [0.717, 1.165) is 17.9 Å². The molecule has 3 unspecified atom stereocenters. The number of thiocarbonyl (C=S) groups is 1. The third-order valence-electron chi connectivity index (χ3n) is 3.77. The maximum Gasteiger partial charge on any atom is 0.340 e. The van der Waals surface area contributed by atoms with Crippen molar-refractivity contribution in [2.75, 3.05) is 0 Å². The van der Waals surface area contributed by atoms with E-state index in [-0.39, 0.29) is 24.2 Å². The zero-order valence-electron chi connectivity index (χ0n) is 12.3. The monoisotopic (exact) mass is 381 g/mol. The summed E-state index contributed by atoms with van der Waals surface area (Å²) in [6.45, 7) is 4.16. The lowest BCUT2D eigenvalue weighted by Crippen LogP contribution is -2.49. The Morgan fingerprint density at radius 1 is 1.41 bits per heavy atom. The molecule has 1 N–H and O–H groups in total. The van der Waals surface area contributed by atoms with Crippen LogP contribution in [0.4, 0.5) is 4.79 Å². The highest BCUT2D eigenvalue weighted by atomic mass is 35.6. The van der Waals surface area contributed by atoms with Gasteiger partial charge in [0.15, 0.2) is 0 Å². The number of hydrazine groups is 1. The summed E-state index contributed by atoms with van der Waals surface area (Å²) in [6.07, 6.45) is 9.08. The number of nitrogens with one attached hydrogen (secondary N) is 1. The molecule has 0 aromatic heterocycles. The lowest BCUT2D eigenvalue weighted by molar-refractivity contribution is 0.171. The second-order valence-electron chi connectivity index (χ2n) is 5.42. The summed E-state index contributed by atoms with van der Waals surface area (Å²) in [5.74, 6) is 0.188. The van der Waals surface area contributed by atoms with Crippen LogP contribution in [0.5, 0.6) is 0 Å². The maximum absolute atomic E-state index is 12.7. The minimum atomic E-state index is -1.86. The van der Waals surface area contributed by atoms with Crippen molar-refractivity contribution in [3.05, 3.63) is 24.3 Å². The highest BCUT2D eigenvalue weighted by Crippen LogP contribution is 2.36. The van der Waals surface area contributed by atoms with Crippen LogP contribution in [0.1, 0.15) is 26.7 Å². The molecule has 1 aliphatic carbocycles. The molecule has 0 spiro atoms. The van der Waals surface area contributed by atoms with Crippen molar-refractivity contribution in [2.24, 2.45) is 5.92 Å². The summed E-state index contributed by atoms with van der Waals surface area (Å²) in [7, 11) is 0. The molecule has 1 saturated heterocycles. The second kappa shape index (κ2) is 7.05. The van der Waals surface area contributed by atoms with Gasteiger partial charge in [-0.2, -0.15) is 0 Å². The maximum atomic E-state index is 12.7. The number of hydrogen-bond acceptors (Lipinski definition) is 3. The molecule has 1 aliphatic heterocycles. The smallest absolute Gasteiger partial charge is 0.295 e. The van der Waals surface area contributed by atoms with Gasteiger partial charge in [0, 0.05) is 4.86 Å². The molecule has 2 amide bonds. The summed E-state index contributed by atoms with van der Waals surface area (Å²) >= 11 is 23.1. The Bertz CT molecular complexity index is 518. The number of hydrogen-bond donors (Lipinski definition) is 1. The number of carbonyl (C=O) groups excluding carboxylic acids is 1. The van der Waals surface area contributed by atoms with E-state index in [2.05, 4.69) is 19.3 Å². The molecule has 1 heterocycles. The van der Waals surface area contributed by atoms with Gasteiger partial charge in [-0.05, 0) is 18.4 Å². The third kappa shape index (κ3) is 3.60.